The molecule has 2 heterocycles. The lowest BCUT2D eigenvalue weighted by atomic mass is 10.3. The van der Waals surface area contributed by atoms with Gasteiger partial charge in [0.25, 0.3) is 0 Å². The normalized spacial score (nSPS) is 10.4. The van der Waals surface area contributed by atoms with Gasteiger partial charge in [0.2, 0.25) is 5.95 Å². The molecule has 2 aromatic heterocycles. The largest absolute Gasteiger partial charge is 0.361 e. The van der Waals surface area contributed by atoms with Crippen LogP contribution in [0.2, 0.25) is 0 Å². The van der Waals surface area contributed by atoms with Crippen LogP contribution in [0, 0.1) is 20.8 Å². The van der Waals surface area contributed by atoms with E-state index in [1.165, 1.54) is 0 Å². The second-order valence-electron chi connectivity index (χ2n) is 3.57. The van der Waals surface area contributed by atoms with Gasteiger partial charge >= 0.3 is 0 Å². The molecule has 0 aliphatic heterocycles. The van der Waals surface area contributed by atoms with Gasteiger partial charge in [0, 0.05) is 12.1 Å². The van der Waals surface area contributed by atoms with E-state index in [-0.39, 0.29) is 0 Å². The molecule has 0 saturated heterocycles. The van der Waals surface area contributed by atoms with Crippen LogP contribution in [0.15, 0.2) is 10.7 Å². The summed E-state index contributed by atoms with van der Waals surface area (Å²) >= 11 is 0. The average Bonchev–Trinajstić information content (AvgIpc) is 2.66. The standard InChI is InChI=1S/C10H13N5O/c1-6-7(2)14-15-10(13-6)11-4-9-5-12-16-8(9)3/h5H,4H2,1-3H3,(H,11,13,15). The molecule has 0 radical (unpaired) electrons. The van der Waals surface area contributed by atoms with Crippen molar-refractivity contribution in [3.63, 3.8) is 0 Å². The van der Waals surface area contributed by atoms with Crippen LogP contribution in [-0.2, 0) is 6.54 Å². The van der Waals surface area contributed by atoms with Gasteiger partial charge in [-0.2, -0.15) is 5.10 Å². The number of hydrogen-bond donors (Lipinski definition) is 1. The lowest BCUT2D eigenvalue weighted by molar-refractivity contribution is 0.396. The third-order valence-electron chi connectivity index (χ3n) is 2.38. The first-order chi connectivity index (χ1) is 7.66. The minimum absolute atomic E-state index is 0.517. The average molecular weight is 219 g/mol. The van der Waals surface area contributed by atoms with Crippen LogP contribution in [0.5, 0.6) is 0 Å². The van der Waals surface area contributed by atoms with E-state index in [4.69, 9.17) is 4.52 Å². The van der Waals surface area contributed by atoms with Crippen molar-refractivity contribution in [2.75, 3.05) is 5.32 Å². The summed E-state index contributed by atoms with van der Waals surface area (Å²) in [6.07, 6.45) is 1.68. The summed E-state index contributed by atoms with van der Waals surface area (Å²) in [5.41, 5.74) is 2.70. The van der Waals surface area contributed by atoms with Gasteiger partial charge in [-0.25, -0.2) is 4.98 Å². The summed E-state index contributed by atoms with van der Waals surface area (Å²) < 4.78 is 4.95. The Bertz CT molecular complexity index is 494. The van der Waals surface area contributed by atoms with Gasteiger partial charge in [-0.15, -0.1) is 5.10 Å². The van der Waals surface area contributed by atoms with Crippen LogP contribution >= 0.6 is 0 Å². The maximum absolute atomic E-state index is 4.95. The predicted molar refractivity (Wildman–Crippen MR) is 57.9 cm³/mol. The van der Waals surface area contributed by atoms with E-state index in [1.807, 2.05) is 20.8 Å². The topological polar surface area (TPSA) is 76.7 Å². The van der Waals surface area contributed by atoms with E-state index >= 15 is 0 Å². The maximum atomic E-state index is 4.95. The fourth-order valence-electron chi connectivity index (χ4n) is 1.19. The Morgan fingerprint density at radius 1 is 1.19 bits per heavy atom. The Hall–Kier alpha value is -1.98. The number of hydrogen-bond acceptors (Lipinski definition) is 6. The monoisotopic (exact) mass is 219 g/mol. The molecule has 0 amide bonds. The minimum Gasteiger partial charge on any atom is -0.361 e. The molecule has 0 fully saturated rings. The molecular weight excluding hydrogens is 206 g/mol. The van der Waals surface area contributed by atoms with Crippen molar-refractivity contribution in [2.45, 2.75) is 27.3 Å². The van der Waals surface area contributed by atoms with E-state index in [9.17, 15) is 0 Å². The second kappa shape index (κ2) is 4.26. The zero-order valence-electron chi connectivity index (χ0n) is 9.48. The predicted octanol–water partition coefficient (Wildman–Crippen LogP) is 1.40. The van der Waals surface area contributed by atoms with E-state index in [1.54, 1.807) is 6.20 Å². The summed E-state index contributed by atoms with van der Waals surface area (Å²) in [5, 5.41) is 14.7. The highest BCUT2D eigenvalue weighted by atomic mass is 16.5. The molecule has 0 aliphatic carbocycles. The zero-order valence-corrected chi connectivity index (χ0v) is 9.48. The molecule has 0 unspecified atom stereocenters. The molecule has 0 atom stereocenters. The molecule has 0 aromatic carbocycles. The molecule has 0 bridgehead atoms. The van der Waals surface area contributed by atoms with Crippen molar-refractivity contribution in [1.82, 2.24) is 20.3 Å². The number of nitrogens with zero attached hydrogens (tertiary/aromatic N) is 4. The number of aromatic nitrogens is 4. The molecule has 0 aliphatic rings. The van der Waals surface area contributed by atoms with Crippen LogP contribution in [0.25, 0.3) is 0 Å². The number of anilines is 1. The zero-order chi connectivity index (χ0) is 11.5. The first kappa shape index (κ1) is 10.5. The van der Waals surface area contributed by atoms with Crippen LogP contribution in [-0.4, -0.2) is 20.3 Å². The number of rotatable bonds is 3. The SMILES string of the molecule is Cc1nnc(NCc2cnoc2C)nc1C. The summed E-state index contributed by atoms with van der Waals surface area (Å²) in [6, 6.07) is 0. The van der Waals surface area contributed by atoms with Gasteiger partial charge in [0.05, 0.1) is 17.6 Å². The Morgan fingerprint density at radius 2 is 2.00 bits per heavy atom. The van der Waals surface area contributed by atoms with Gasteiger partial charge < -0.3 is 9.84 Å². The first-order valence-corrected chi connectivity index (χ1v) is 4.99. The van der Waals surface area contributed by atoms with Gasteiger partial charge in [-0.1, -0.05) is 5.16 Å². The van der Waals surface area contributed by atoms with Crippen molar-refractivity contribution in [2.24, 2.45) is 0 Å². The van der Waals surface area contributed by atoms with Gasteiger partial charge in [0.15, 0.2) is 0 Å². The lowest BCUT2D eigenvalue weighted by Gasteiger charge is -2.04. The lowest BCUT2D eigenvalue weighted by Crippen LogP contribution is -2.07. The molecule has 0 spiro atoms. The highest BCUT2D eigenvalue weighted by Crippen LogP contribution is 2.08. The second-order valence-corrected chi connectivity index (χ2v) is 3.57. The molecule has 6 nitrogen and oxygen atoms in total. The molecule has 1 N–H and O–H groups in total. The van der Waals surface area contributed by atoms with E-state index in [0.29, 0.717) is 12.5 Å². The fourth-order valence-corrected chi connectivity index (χ4v) is 1.19. The van der Waals surface area contributed by atoms with Gasteiger partial charge in [0.1, 0.15) is 5.76 Å². The fraction of sp³-hybridized carbons (Fsp3) is 0.400. The summed E-state index contributed by atoms with van der Waals surface area (Å²) in [6.45, 7) is 6.23. The van der Waals surface area contributed by atoms with Gasteiger partial charge in [-0.3, -0.25) is 0 Å². The molecule has 6 heteroatoms. The Morgan fingerprint density at radius 3 is 2.62 bits per heavy atom. The maximum Gasteiger partial charge on any atom is 0.243 e. The summed E-state index contributed by atoms with van der Waals surface area (Å²) in [5.74, 6) is 1.31. The van der Waals surface area contributed by atoms with Crippen molar-refractivity contribution in [3.8, 4) is 0 Å². The highest BCUT2D eigenvalue weighted by molar-refractivity contribution is 5.27. The Labute approximate surface area is 93.1 Å². The summed E-state index contributed by atoms with van der Waals surface area (Å²) in [4.78, 5) is 4.27. The van der Waals surface area contributed by atoms with Crippen molar-refractivity contribution in [1.29, 1.82) is 0 Å². The third-order valence-corrected chi connectivity index (χ3v) is 2.38. The Balaban J connectivity index is 2.05. The quantitative estimate of drug-likeness (QED) is 0.840. The highest BCUT2D eigenvalue weighted by Gasteiger charge is 2.05. The van der Waals surface area contributed by atoms with E-state index in [0.717, 1.165) is 22.7 Å². The van der Waals surface area contributed by atoms with E-state index < -0.39 is 0 Å². The minimum atomic E-state index is 0.517. The van der Waals surface area contributed by atoms with Crippen LogP contribution in [0.1, 0.15) is 22.7 Å². The van der Waals surface area contributed by atoms with Crippen LogP contribution < -0.4 is 5.32 Å². The molecule has 0 saturated carbocycles. The molecule has 16 heavy (non-hydrogen) atoms. The number of aryl methyl sites for hydroxylation is 3. The van der Waals surface area contributed by atoms with Crippen molar-refractivity contribution in [3.05, 3.63) is 28.9 Å². The van der Waals surface area contributed by atoms with Gasteiger partial charge in [-0.05, 0) is 20.8 Å². The van der Waals surface area contributed by atoms with Crippen molar-refractivity contribution < 1.29 is 4.52 Å². The third kappa shape index (κ3) is 2.16. The Kier molecular flexibility index (Phi) is 2.80. The summed E-state index contributed by atoms with van der Waals surface area (Å²) in [7, 11) is 0. The number of nitrogens with one attached hydrogen (secondary N) is 1. The van der Waals surface area contributed by atoms with E-state index in [2.05, 4.69) is 25.7 Å². The first-order valence-electron chi connectivity index (χ1n) is 4.99. The molecule has 2 rings (SSSR count). The van der Waals surface area contributed by atoms with Crippen molar-refractivity contribution >= 4 is 5.95 Å². The molecule has 2 aromatic rings. The van der Waals surface area contributed by atoms with Crippen LogP contribution in [0.3, 0.4) is 0 Å². The smallest absolute Gasteiger partial charge is 0.243 e. The van der Waals surface area contributed by atoms with Crippen LogP contribution in [0.4, 0.5) is 5.95 Å². The molecule has 84 valence electrons. The molecular formula is C10H13N5O.